The highest BCUT2D eigenvalue weighted by atomic mass is 35.5. The molecule has 0 N–H and O–H groups in total. The van der Waals surface area contributed by atoms with Crippen LogP contribution in [0.2, 0.25) is 10.0 Å². The standard InChI is InChI=1S/C27H33Cl2N3O3/c1-32(2,16-9-17-34-22-14-15-23(28)24(29)18-22)19-25-30-26(31-35-25)27(33,20-10-5-3-6-11-20)21-12-7-4-8-13-21/h3,5-6,10-11,14-15,18,21H,4,7-9,12-13,16-17,19H2,1-2H3. The van der Waals surface area contributed by atoms with E-state index in [0.29, 0.717) is 44.9 Å². The van der Waals surface area contributed by atoms with Crippen molar-refractivity contribution >= 4 is 23.2 Å². The average molecular weight is 518 g/mol. The lowest BCUT2D eigenvalue weighted by Gasteiger charge is -2.46. The second kappa shape index (κ2) is 11.3. The molecule has 0 aliphatic heterocycles. The van der Waals surface area contributed by atoms with Crippen LogP contribution < -0.4 is 9.84 Å². The molecular weight excluding hydrogens is 485 g/mol. The summed E-state index contributed by atoms with van der Waals surface area (Å²) in [5.41, 5.74) is -0.777. The maximum absolute atomic E-state index is 14.4. The molecule has 3 aromatic rings. The predicted octanol–water partition coefficient (Wildman–Crippen LogP) is 5.61. The van der Waals surface area contributed by atoms with E-state index in [0.717, 1.165) is 38.6 Å². The third-order valence-corrected chi connectivity index (χ3v) is 7.55. The predicted molar refractivity (Wildman–Crippen MR) is 135 cm³/mol. The van der Waals surface area contributed by atoms with Crippen molar-refractivity contribution in [2.45, 2.75) is 50.7 Å². The van der Waals surface area contributed by atoms with E-state index in [1.807, 2.05) is 36.4 Å². The number of hydrogen-bond acceptors (Lipinski definition) is 5. The molecule has 1 aliphatic rings. The summed E-state index contributed by atoms with van der Waals surface area (Å²) in [6.07, 6.45) is 5.93. The van der Waals surface area contributed by atoms with Crippen LogP contribution in [0.25, 0.3) is 0 Å². The minimum Gasteiger partial charge on any atom is -0.840 e. The van der Waals surface area contributed by atoms with Gasteiger partial charge in [0, 0.05) is 12.5 Å². The molecule has 0 spiro atoms. The van der Waals surface area contributed by atoms with Crippen LogP contribution in [0.4, 0.5) is 0 Å². The Balaban J connectivity index is 1.40. The van der Waals surface area contributed by atoms with Gasteiger partial charge in [0.05, 0.1) is 37.3 Å². The summed E-state index contributed by atoms with van der Waals surface area (Å²) >= 11 is 12.0. The Morgan fingerprint density at radius 2 is 1.80 bits per heavy atom. The van der Waals surface area contributed by atoms with Gasteiger partial charge in [-0.15, -0.1) is 0 Å². The van der Waals surface area contributed by atoms with Crippen molar-refractivity contribution in [3.63, 3.8) is 0 Å². The van der Waals surface area contributed by atoms with Crippen molar-refractivity contribution in [2.75, 3.05) is 27.2 Å². The van der Waals surface area contributed by atoms with Gasteiger partial charge < -0.3 is 18.8 Å². The molecular formula is C27H33Cl2N3O3. The number of benzene rings is 2. The Morgan fingerprint density at radius 3 is 2.51 bits per heavy atom. The quantitative estimate of drug-likeness (QED) is 0.258. The first-order valence-electron chi connectivity index (χ1n) is 12.3. The number of halogens is 2. The summed E-state index contributed by atoms with van der Waals surface area (Å²) in [7, 11) is 4.21. The van der Waals surface area contributed by atoms with Crippen LogP contribution in [-0.2, 0) is 12.1 Å². The van der Waals surface area contributed by atoms with Crippen molar-refractivity contribution in [2.24, 2.45) is 5.92 Å². The molecule has 0 radical (unpaired) electrons. The molecule has 1 unspecified atom stereocenters. The van der Waals surface area contributed by atoms with Crippen molar-refractivity contribution < 1.29 is 18.8 Å². The lowest BCUT2D eigenvalue weighted by atomic mass is 9.73. The van der Waals surface area contributed by atoms with Gasteiger partial charge in [0.1, 0.15) is 5.75 Å². The number of aromatic nitrogens is 2. The van der Waals surface area contributed by atoms with Gasteiger partial charge in [-0.1, -0.05) is 96.4 Å². The second-order valence-corrected chi connectivity index (χ2v) is 10.9. The molecule has 188 valence electrons. The van der Waals surface area contributed by atoms with Gasteiger partial charge in [0.25, 0.3) is 5.89 Å². The highest BCUT2D eigenvalue weighted by Crippen LogP contribution is 2.40. The molecule has 1 atom stereocenters. The van der Waals surface area contributed by atoms with Gasteiger partial charge in [0.15, 0.2) is 12.4 Å². The highest BCUT2D eigenvalue weighted by molar-refractivity contribution is 6.42. The Bertz CT molecular complexity index is 1100. The number of ether oxygens (including phenoxy) is 1. The minimum atomic E-state index is -1.49. The van der Waals surface area contributed by atoms with Crippen LogP contribution in [0, 0.1) is 5.92 Å². The second-order valence-electron chi connectivity index (χ2n) is 10.0. The van der Waals surface area contributed by atoms with E-state index in [9.17, 15) is 5.11 Å². The fourth-order valence-corrected chi connectivity index (χ4v) is 5.19. The van der Waals surface area contributed by atoms with Gasteiger partial charge in [0.2, 0.25) is 0 Å². The van der Waals surface area contributed by atoms with E-state index in [-0.39, 0.29) is 11.7 Å². The van der Waals surface area contributed by atoms with Crippen LogP contribution in [0.3, 0.4) is 0 Å². The van der Waals surface area contributed by atoms with E-state index in [2.05, 4.69) is 24.2 Å². The van der Waals surface area contributed by atoms with Crippen LogP contribution in [0.15, 0.2) is 53.1 Å². The average Bonchev–Trinajstić information content (AvgIpc) is 3.33. The van der Waals surface area contributed by atoms with Gasteiger partial charge in [-0.3, -0.25) is 0 Å². The number of nitrogens with zero attached hydrogens (tertiary/aromatic N) is 3. The summed E-state index contributed by atoms with van der Waals surface area (Å²) in [4.78, 5) is 4.65. The van der Waals surface area contributed by atoms with E-state index in [4.69, 9.17) is 32.5 Å². The zero-order chi connectivity index (χ0) is 24.9. The van der Waals surface area contributed by atoms with Crippen molar-refractivity contribution in [1.29, 1.82) is 0 Å². The van der Waals surface area contributed by atoms with Gasteiger partial charge in [-0.2, -0.15) is 4.98 Å². The first kappa shape index (κ1) is 26.0. The third-order valence-electron chi connectivity index (χ3n) is 6.81. The molecule has 2 aromatic carbocycles. The van der Waals surface area contributed by atoms with Crippen LogP contribution in [0.1, 0.15) is 55.8 Å². The molecule has 0 saturated heterocycles. The lowest BCUT2D eigenvalue weighted by molar-refractivity contribution is -0.905. The Hall–Kier alpha value is -2.12. The fraction of sp³-hybridized carbons (Fsp3) is 0.481. The minimum absolute atomic E-state index is 0.0369. The number of quaternary nitrogens is 1. The molecule has 0 bridgehead atoms. The molecule has 1 aliphatic carbocycles. The summed E-state index contributed by atoms with van der Waals surface area (Å²) in [6.45, 7) is 1.92. The number of rotatable bonds is 10. The smallest absolute Gasteiger partial charge is 0.281 e. The zero-order valence-electron chi connectivity index (χ0n) is 20.4. The molecule has 4 rings (SSSR count). The largest absolute Gasteiger partial charge is 0.840 e. The first-order valence-corrected chi connectivity index (χ1v) is 13.0. The summed E-state index contributed by atoms with van der Waals surface area (Å²) in [5, 5.41) is 19.6. The van der Waals surface area contributed by atoms with Gasteiger partial charge in [-0.05, 0) is 23.7 Å². The Kier molecular flexibility index (Phi) is 8.38. The van der Waals surface area contributed by atoms with Crippen molar-refractivity contribution in [1.82, 2.24) is 10.1 Å². The van der Waals surface area contributed by atoms with Crippen LogP contribution in [0.5, 0.6) is 5.75 Å². The normalized spacial score (nSPS) is 16.7. The van der Waals surface area contributed by atoms with E-state index in [1.165, 1.54) is 6.42 Å². The summed E-state index contributed by atoms with van der Waals surface area (Å²) in [6, 6.07) is 14.8. The number of hydrogen-bond donors (Lipinski definition) is 0. The SMILES string of the molecule is C[N+](C)(CCCOc1ccc(Cl)c(Cl)c1)Cc1nc(C([O-])(c2ccccc2)C2CCCCC2)no1. The highest BCUT2D eigenvalue weighted by Gasteiger charge is 2.36. The van der Waals surface area contributed by atoms with Crippen LogP contribution in [-0.4, -0.2) is 41.9 Å². The fourth-order valence-electron chi connectivity index (χ4n) is 4.91. The molecule has 0 amide bonds. The van der Waals surface area contributed by atoms with Gasteiger partial charge in [-0.25, -0.2) is 0 Å². The summed E-state index contributed by atoms with van der Waals surface area (Å²) in [5.74, 6) is 1.41. The third kappa shape index (κ3) is 6.36. The summed E-state index contributed by atoms with van der Waals surface area (Å²) < 4.78 is 12.1. The molecule has 1 fully saturated rings. The Morgan fingerprint density at radius 1 is 1.06 bits per heavy atom. The van der Waals surface area contributed by atoms with Crippen LogP contribution >= 0.6 is 23.2 Å². The molecule has 6 nitrogen and oxygen atoms in total. The lowest BCUT2D eigenvalue weighted by Crippen LogP contribution is -2.50. The molecule has 8 heteroatoms. The first-order chi connectivity index (χ1) is 16.8. The molecule has 1 aromatic heterocycles. The van der Waals surface area contributed by atoms with Gasteiger partial charge >= 0.3 is 0 Å². The van der Waals surface area contributed by atoms with E-state index < -0.39 is 5.60 Å². The maximum atomic E-state index is 14.4. The Labute approximate surface area is 217 Å². The maximum Gasteiger partial charge on any atom is 0.281 e. The monoisotopic (exact) mass is 517 g/mol. The molecule has 1 heterocycles. The molecule has 1 saturated carbocycles. The van der Waals surface area contributed by atoms with E-state index >= 15 is 0 Å². The zero-order valence-corrected chi connectivity index (χ0v) is 21.9. The van der Waals surface area contributed by atoms with E-state index in [1.54, 1.807) is 12.1 Å². The topological polar surface area (TPSA) is 71.2 Å². The van der Waals surface area contributed by atoms with Crippen molar-refractivity contribution in [3.05, 3.63) is 75.9 Å². The van der Waals surface area contributed by atoms with Crippen molar-refractivity contribution in [3.8, 4) is 5.75 Å². The molecule has 35 heavy (non-hydrogen) atoms.